The Kier molecular flexibility index (Phi) is 28.7. The highest BCUT2D eigenvalue weighted by Gasteiger charge is 2.35. The standard InChI is InChI=1S/C46H78N12O11S2/c1-9-26(8)37(45(68)69)58-40(63)30(11-10-16-50-46(48)49)52-35(60)20-51-39(62)33(19-27-12-14-28(59)15-13-27)54-41(64)32(18-24(4)5)55-44(67)36(25(6)7)57-43(66)34(22-71)56-42(65)31(17-23(2)3)53-38(61)29(47)21-70/h12-15,23-26,29-34,36-37,59,70-71H,9-11,16-22,47H2,1-8H3,(H,51,62)(H,52,60)(H,53,61)(H,54,64)(H,55,67)(H,56,65)(H,57,66)(H,58,63)(H,68,69)(H4,48,49,50)/t26-,29-,30-,31-,32-,33-,34-,36-,37-/m0/s1. The summed E-state index contributed by atoms with van der Waals surface area (Å²) in [7, 11) is 0. The summed E-state index contributed by atoms with van der Waals surface area (Å²) in [6, 6.07) is -3.83. The Balaban J connectivity index is 3.36. The van der Waals surface area contributed by atoms with E-state index in [1.54, 1.807) is 41.5 Å². The Bertz CT molecular complexity index is 1970. The van der Waals surface area contributed by atoms with Crippen molar-refractivity contribution in [2.45, 2.75) is 142 Å². The van der Waals surface area contributed by atoms with Gasteiger partial charge in [-0.05, 0) is 67.1 Å². The lowest BCUT2D eigenvalue weighted by Crippen LogP contribution is -2.61. The number of phenolic OH excluding ortho intramolecular Hbond substituents is 1. The number of aromatic hydroxyl groups is 1. The number of nitrogens with two attached hydrogens (primary N) is 3. The molecule has 23 nitrogen and oxygen atoms in total. The molecule has 0 aromatic heterocycles. The highest BCUT2D eigenvalue weighted by atomic mass is 32.1. The van der Waals surface area contributed by atoms with Gasteiger partial charge in [-0.1, -0.05) is 73.9 Å². The van der Waals surface area contributed by atoms with E-state index in [0.29, 0.717) is 12.0 Å². The molecule has 0 aliphatic rings. The Hall–Kier alpha value is -5.82. The summed E-state index contributed by atoms with van der Waals surface area (Å²) >= 11 is 8.30. The molecule has 0 unspecified atom stereocenters. The normalized spacial score (nSPS) is 15.0. The van der Waals surface area contributed by atoms with E-state index in [1.807, 2.05) is 13.8 Å². The molecule has 400 valence electrons. The molecule has 0 saturated carbocycles. The van der Waals surface area contributed by atoms with Gasteiger partial charge in [-0.2, -0.15) is 25.3 Å². The van der Waals surface area contributed by atoms with Gasteiger partial charge in [0.25, 0.3) is 0 Å². The monoisotopic (exact) mass is 1040 g/mol. The molecule has 0 heterocycles. The fourth-order valence-electron chi connectivity index (χ4n) is 6.88. The molecule has 16 N–H and O–H groups in total. The van der Waals surface area contributed by atoms with Gasteiger partial charge in [0, 0.05) is 24.5 Å². The quantitative estimate of drug-likeness (QED) is 0.0170. The first kappa shape index (κ1) is 63.2. The maximum absolute atomic E-state index is 14.2. The van der Waals surface area contributed by atoms with E-state index in [9.17, 15) is 53.4 Å². The third kappa shape index (κ3) is 23.8. The topological polar surface area (TPSA) is 381 Å². The number of hydrogen-bond donors (Lipinski definition) is 15. The second-order valence-electron chi connectivity index (χ2n) is 18.6. The number of aliphatic imine (C=N–C) groups is 1. The lowest BCUT2D eigenvalue weighted by atomic mass is 9.98. The maximum Gasteiger partial charge on any atom is 0.326 e. The number of aliphatic carboxylic acids is 1. The molecular weight excluding hydrogens is 961 g/mol. The van der Waals surface area contributed by atoms with E-state index in [-0.39, 0.29) is 73.7 Å². The Morgan fingerprint density at radius 3 is 1.59 bits per heavy atom. The van der Waals surface area contributed by atoms with Crippen molar-refractivity contribution in [3.05, 3.63) is 29.8 Å². The van der Waals surface area contributed by atoms with Crippen LogP contribution in [0.25, 0.3) is 0 Å². The Morgan fingerprint density at radius 1 is 0.620 bits per heavy atom. The molecule has 1 aromatic rings. The smallest absolute Gasteiger partial charge is 0.326 e. The summed E-state index contributed by atoms with van der Waals surface area (Å²) in [4.78, 5) is 124. The largest absolute Gasteiger partial charge is 0.508 e. The van der Waals surface area contributed by atoms with Gasteiger partial charge in [0.2, 0.25) is 47.3 Å². The van der Waals surface area contributed by atoms with Crippen molar-refractivity contribution in [2.24, 2.45) is 45.9 Å². The highest BCUT2D eigenvalue weighted by Crippen LogP contribution is 2.14. The van der Waals surface area contributed by atoms with Gasteiger partial charge in [-0.25, -0.2) is 4.79 Å². The maximum atomic E-state index is 14.2. The van der Waals surface area contributed by atoms with E-state index in [4.69, 9.17) is 17.2 Å². The molecule has 0 aliphatic carbocycles. The van der Waals surface area contributed by atoms with E-state index >= 15 is 0 Å². The number of carboxylic acid groups (broad SMARTS) is 1. The Labute approximate surface area is 427 Å². The number of phenols is 1. The number of carbonyl (C=O) groups is 9. The fourth-order valence-corrected chi connectivity index (χ4v) is 7.30. The van der Waals surface area contributed by atoms with Crippen LogP contribution < -0.4 is 59.7 Å². The number of nitrogens with zero attached hydrogens (tertiary/aromatic N) is 1. The lowest BCUT2D eigenvalue weighted by Gasteiger charge is -2.29. The molecule has 1 aromatic carbocycles. The number of benzene rings is 1. The van der Waals surface area contributed by atoms with Crippen molar-refractivity contribution in [3.63, 3.8) is 0 Å². The second kappa shape index (κ2) is 32.2. The minimum absolute atomic E-state index is 0.00175. The number of thiol groups is 2. The summed E-state index contributed by atoms with van der Waals surface area (Å²) in [5, 5.41) is 40.3. The van der Waals surface area contributed by atoms with Crippen LogP contribution in [0.4, 0.5) is 0 Å². The molecule has 8 amide bonds. The number of carbonyl (C=O) groups excluding carboxylic acids is 8. The van der Waals surface area contributed by atoms with E-state index in [1.165, 1.54) is 24.3 Å². The second-order valence-corrected chi connectivity index (χ2v) is 19.3. The average Bonchev–Trinajstić information content (AvgIpc) is 3.30. The van der Waals surface area contributed by atoms with Crippen molar-refractivity contribution < 1.29 is 53.4 Å². The van der Waals surface area contributed by atoms with Gasteiger partial charge >= 0.3 is 5.97 Å². The van der Waals surface area contributed by atoms with Gasteiger partial charge in [0.1, 0.15) is 48.0 Å². The molecule has 0 fully saturated rings. The summed E-state index contributed by atoms with van der Waals surface area (Å²) in [5.74, 6) is -8.90. The molecule has 71 heavy (non-hydrogen) atoms. The highest BCUT2D eigenvalue weighted by molar-refractivity contribution is 7.80. The van der Waals surface area contributed by atoms with Gasteiger partial charge in [0.15, 0.2) is 5.96 Å². The first-order chi connectivity index (χ1) is 33.2. The molecule has 0 radical (unpaired) electrons. The summed E-state index contributed by atoms with van der Waals surface area (Å²) in [6.07, 6.45) is 0.806. The minimum Gasteiger partial charge on any atom is -0.508 e. The van der Waals surface area contributed by atoms with E-state index < -0.39 is 120 Å². The molecule has 1 rings (SSSR count). The zero-order valence-electron chi connectivity index (χ0n) is 42.0. The van der Waals surface area contributed by atoms with Crippen molar-refractivity contribution in [2.75, 3.05) is 24.6 Å². The molecule has 25 heteroatoms. The Morgan fingerprint density at radius 2 is 1.11 bits per heavy atom. The zero-order chi connectivity index (χ0) is 54.1. The number of guanidine groups is 1. The van der Waals surface area contributed by atoms with Crippen molar-refractivity contribution in [3.8, 4) is 5.75 Å². The van der Waals surface area contributed by atoms with Crippen LogP contribution in [0.2, 0.25) is 0 Å². The first-order valence-electron chi connectivity index (χ1n) is 23.7. The van der Waals surface area contributed by atoms with Crippen LogP contribution in [0.5, 0.6) is 5.75 Å². The van der Waals surface area contributed by atoms with Gasteiger partial charge in [-0.3, -0.25) is 43.3 Å². The van der Waals surface area contributed by atoms with E-state index in [2.05, 4.69) is 72.8 Å². The fraction of sp³-hybridized carbons (Fsp3) is 0.652. The van der Waals surface area contributed by atoms with E-state index in [0.717, 1.165) is 0 Å². The third-order valence-corrected chi connectivity index (χ3v) is 11.8. The predicted molar refractivity (Wildman–Crippen MR) is 275 cm³/mol. The van der Waals surface area contributed by atoms with Crippen molar-refractivity contribution >= 4 is 84.4 Å². The summed E-state index contributed by atoms with van der Waals surface area (Å²) < 4.78 is 0. The predicted octanol–water partition coefficient (Wildman–Crippen LogP) is -1.44. The van der Waals surface area contributed by atoms with Gasteiger partial charge < -0.3 is 69.9 Å². The van der Waals surface area contributed by atoms with Gasteiger partial charge in [-0.15, -0.1) is 0 Å². The SMILES string of the molecule is CC[C@H](C)[C@H](NC(=O)[C@H](CCCN=C(N)N)NC(=O)CNC(=O)[C@H](Cc1ccc(O)cc1)NC(=O)[C@H](CC(C)C)NC(=O)[C@@H](NC(=O)[C@H](CS)NC(=O)[C@H](CC(C)C)NC(=O)[C@@H](N)CS)C(C)C)C(=O)O. The molecule has 0 saturated heterocycles. The molecule has 0 bridgehead atoms. The third-order valence-electron chi connectivity index (χ3n) is 11.1. The number of rotatable bonds is 32. The van der Waals surface area contributed by atoms with Crippen molar-refractivity contribution in [1.29, 1.82) is 0 Å². The molecule has 9 atom stereocenters. The van der Waals surface area contributed by atoms with Crippen LogP contribution in [0.15, 0.2) is 29.3 Å². The summed E-state index contributed by atoms with van der Waals surface area (Å²) in [5.41, 5.74) is 17.1. The summed E-state index contributed by atoms with van der Waals surface area (Å²) in [6.45, 7) is 13.4. The lowest BCUT2D eigenvalue weighted by molar-refractivity contribution is -0.143. The van der Waals surface area contributed by atoms with Crippen LogP contribution in [0, 0.1) is 23.7 Å². The number of nitrogens with one attached hydrogen (secondary N) is 8. The average molecular weight is 1040 g/mol. The van der Waals surface area contributed by atoms with Gasteiger partial charge in [0.05, 0.1) is 12.6 Å². The van der Waals surface area contributed by atoms with Crippen molar-refractivity contribution in [1.82, 2.24) is 42.5 Å². The molecule has 0 aliphatic heterocycles. The molecule has 0 spiro atoms. The minimum atomic E-state index is -1.37. The van der Waals surface area contributed by atoms with Crippen LogP contribution >= 0.6 is 25.3 Å². The molecular formula is C46H78N12O11S2. The number of carboxylic acids is 1. The van der Waals surface area contributed by atoms with Crippen LogP contribution in [0.1, 0.15) is 93.1 Å². The van der Waals surface area contributed by atoms with Crippen LogP contribution in [-0.4, -0.2) is 142 Å². The number of amides is 8. The van der Waals surface area contributed by atoms with Crippen LogP contribution in [0.3, 0.4) is 0 Å². The van der Waals surface area contributed by atoms with Crippen LogP contribution in [-0.2, 0) is 49.6 Å². The zero-order valence-corrected chi connectivity index (χ0v) is 43.7. The first-order valence-corrected chi connectivity index (χ1v) is 24.9. The number of hydrogen-bond acceptors (Lipinski definition) is 14.